The standard InChI is InChI=1S/C11H13F2NO2/c1-6-3-7(9(15)5-14)10(16-2)8(4-6)11(12)13/h3-4,11H,5,14H2,1-2H3. The van der Waals surface area contributed by atoms with Gasteiger partial charge in [0, 0.05) is 0 Å². The lowest BCUT2D eigenvalue weighted by Gasteiger charge is -2.13. The Labute approximate surface area is 92.2 Å². The molecule has 1 aromatic carbocycles. The highest BCUT2D eigenvalue weighted by atomic mass is 19.3. The van der Waals surface area contributed by atoms with Crippen LogP contribution in [-0.2, 0) is 0 Å². The number of Topliss-reactive ketones (excluding diaryl/α,β-unsaturated/α-hetero) is 1. The van der Waals surface area contributed by atoms with Crippen LogP contribution in [0.15, 0.2) is 12.1 Å². The van der Waals surface area contributed by atoms with E-state index in [1.54, 1.807) is 6.92 Å². The summed E-state index contributed by atoms with van der Waals surface area (Å²) >= 11 is 0. The number of rotatable bonds is 4. The maximum absolute atomic E-state index is 12.7. The van der Waals surface area contributed by atoms with E-state index in [9.17, 15) is 13.6 Å². The Morgan fingerprint density at radius 1 is 1.50 bits per heavy atom. The van der Waals surface area contributed by atoms with Crippen LogP contribution in [0.4, 0.5) is 8.78 Å². The first-order valence-electron chi connectivity index (χ1n) is 4.71. The van der Waals surface area contributed by atoms with E-state index >= 15 is 0 Å². The number of carbonyl (C=O) groups is 1. The molecule has 5 heteroatoms. The highest BCUT2D eigenvalue weighted by molar-refractivity contribution is 6.00. The van der Waals surface area contributed by atoms with Gasteiger partial charge in [-0.3, -0.25) is 4.79 Å². The Morgan fingerprint density at radius 2 is 2.12 bits per heavy atom. The zero-order valence-corrected chi connectivity index (χ0v) is 9.09. The third-order valence-corrected chi connectivity index (χ3v) is 2.19. The molecule has 0 atom stereocenters. The first-order valence-corrected chi connectivity index (χ1v) is 4.71. The molecule has 3 nitrogen and oxygen atoms in total. The molecule has 88 valence electrons. The van der Waals surface area contributed by atoms with Crippen molar-refractivity contribution in [2.45, 2.75) is 13.3 Å². The van der Waals surface area contributed by atoms with E-state index in [0.717, 1.165) is 0 Å². The fraction of sp³-hybridized carbons (Fsp3) is 0.364. The highest BCUT2D eigenvalue weighted by Gasteiger charge is 2.21. The van der Waals surface area contributed by atoms with Crippen molar-refractivity contribution in [2.75, 3.05) is 13.7 Å². The van der Waals surface area contributed by atoms with Crippen molar-refractivity contribution in [1.82, 2.24) is 0 Å². The first kappa shape index (κ1) is 12.6. The second-order valence-corrected chi connectivity index (χ2v) is 3.36. The molecule has 1 aromatic rings. The van der Waals surface area contributed by atoms with Gasteiger partial charge in [0.15, 0.2) is 5.78 Å². The molecule has 16 heavy (non-hydrogen) atoms. The number of nitrogens with two attached hydrogens (primary N) is 1. The second-order valence-electron chi connectivity index (χ2n) is 3.36. The van der Waals surface area contributed by atoms with Crippen LogP contribution in [0.1, 0.15) is 27.9 Å². The average Bonchev–Trinajstić information content (AvgIpc) is 2.26. The second kappa shape index (κ2) is 5.03. The van der Waals surface area contributed by atoms with Crippen molar-refractivity contribution in [2.24, 2.45) is 5.73 Å². The van der Waals surface area contributed by atoms with Crippen LogP contribution in [0.3, 0.4) is 0 Å². The smallest absolute Gasteiger partial charge is 0.267 e. The first-order chi connectivity index (χ1) is 7.51. The predicted octanol–water partition coefficient (Wildman–Crippen LogP) is 2.08. The molecule has 0 saturated heterocycles. The maximum Gasteiger partial charge on any atom is 0.267 e. The van der Waals surface area contributed by atoms with Crippen LogP contribution < -0.4 is 10.5 Å². The fourth-order valence-corrected chi connectivity index (χ4v) is 1.51. The zero-order chi connectivity index (χ0) is 12.3. The molecule has 0 unspecified atom stereocenters. The summed E-state index contributed by atoms with van der Waals surface area (Å²) in [4.78, 5) is 11.5. The van der Waals surface area contributed by atoms with Crippen molar-refractivity contribution in [3.63, 3.8) is 0 Å². The van der Waals surface area contributed by atoms with Gasteiger partial charge in [0.25, 0.3) is 6.43 Å². The summed E-state index contributed by atoms with van der Waals surface area (Å²) in [7, 11) is 1.25. The van der Waals surface area contributed by atoms with Crippen LogP contribution in [0.2, 0.25) is 0 Å². The lowest BCUT2D eigenvalue weighted by molar-refractivity contribution is 0.0997. The summed E-state index contributed by atoms with van der Waals surface area (Å²) < 4.78 is 30.3. The highest BCUT2D eigenvalue weighted by Crippen LogP contribution is 2.33. The van der Waals surface area contributed by atoms with Gasteiger partial charge >= 0.3 is 0 Å². The summed E-state index contributed by atoms with van der Waals surface area (Å²) in [6.07, 6.45) is -2.68. The average molecular weight is 229 g/mol. The number of carbonyl (C=O) groups excluding carboxylic acids is 1. The van der Waals surface area contributed by atoms with Gasteiger partial charge in [0.1, 0.15) is 5.75 Å². The third-order valence-electron chi connectivity index (χ3n) is 2.19. The van der Waals surface area contributed by atoms with E-state index in [2.05, 4.69) is 0 Å². The zero-order valence-electron chi connectivity index (χ0n) is 9.09. The Balaban J connectivity index is 3.41. The number of ether oxygens (including phenoxy) is 1. The number of hydrogen-bond donors (Lipinski definition) is 1. The third kappa shape index (κ3) is 2.36. The number of aryl methyl sites for hydroxylation is 1. The molecule has 0 amide bonds. The van der Waals surface area contributed by atoms with E-state index in [0.29, 0.717) is 5.56 Å². The number of benzene rings is 1. The number of alkyl halides is 2. The van der Waals surface area contributed by atoms with Crippen molar-refractivity contribution < 1.29 is 18.3 Å². The van der Waals surface area contributed by atoms with Crippen molar-refractivity contribution in [3.8, 4) is 5.75 Å². The van der Waals surface area contributed by atoms with Gasteiger partial charge in [-0.05, 0) is 24.6 Å². The molecule has 0 bridgehead atoms. The predicted molar refractivity (Wildman–Crippen MR) is 56.1 cm³/mol. The van der Waals surface area contributed by atoms with E-state index in [4.69, 9.17) is 10.5 Å². The van der Waals surface area contributed by atoms with Crippen LogP contribution in [-0.4, -0.2) is 19.4 Å². The van der Waals surface area contributed by atoms with Gasteiger partial charge in [-0.15, -0.1) is 0 Å². The van der Waals surface area contributed by atoms with E-state index in [-0.39, 0.29) is 23.4 Å². The Hall–Kier alpha value is -1.49. The molecule has 0 aliphatic heterocycles. The van der Waals surface area contributed by atoms with Gasteiger partial charge < -0.3 is 10.5 Å². The molecule has 0 fully saturated rings. The molecule has 0 saturated carbocycles. The Kier molecular flexibility index (Phi) is 3.95. The van der Waals surface area contributed by atoms with Gasteiger partial charge in [-0.2, -0.15) is 0 Å². The molecule has 1 rings (SSSR count). The monoisotopic (exact) mass is 229 g/mol. The topological polar surface area (TPSA) is 52.3 Å². The van der Waals surface area contributed by atoms with Crippen LogP contribution in [0, 0.1) is 6.92 Å². The largest absolute Gasteiger partial charge is 0.495 e. The Morgan fingerprint density at radius 3 is 2.56 bits per heavy atom. The van der Waals surface area contributed by atoms with Gasteiger partial charge in [-0.25, -0.2) is 8.78 Å². The summed E-state index contributed by atoms with van der Waals surface area (Å²) in [5.41, 5.74) is 5.62. The van der Waals surface area contributed by atoms with E-state index in [1.807, 2.05) is 0 Å². The van der Waals surface area contributed by atoms with Crippen molar-refractivity contribution in [3.05, 3.63) is 28.8 Å². The molecular formula is C11H13F2NO2. The summed E-state index contributed by atoms with van der Waals surface area (Å²) in [6, 6.07) is 2.80. The number of methoxy groups -OCH3 is 1. The lowest BCUT2D eigenvalue weighted by atomic mass is 10.0. The summed E-state index contributed by atoms with van der Waals surface area (Å²) in [5.74, 6) is -0.501. The summed E-state index contributed by atoms with van der Waals surface area (Å²) in [6.45, 7) is 1.40. The lowest BCUT2D eigenvalue weighted by Crippen LogP contribution is -2.15. The minimum atomic E-state index is -2.68. The number of ketones is 1. The molecule has 0 heterocycles. The quantitative estimate of drug-likeness (QED) is 0.804. The van der Waals surface area contributed by atoms with E-state index < -0.39 is 12.2 Å². The minimum absolute atomic E-state index is 0.0870. The van der Waals surface area contributed by atoms with Crippen LogP contribution in [0.5, 0.6) is 5.75 Å². The molecule has 0 aromatic heterocycles. The summed E-state index contributed by atoms with van der Waals surface area (Å²) in [5, 5.41) is 0. The minimum Gasteiger partial charge on any atom is -0.495 e. The Bertz CT molecular complexity index is 405. The molecule has 0 aliphatic rings. The normalized spacial score (nSPS) is 10.6. The van der Waals surface area contributed by atoms with Gasteiger partial charge in [-0.1, -0.05) is 0 Å². The molecule has 0 spiro atoms. The molecule has 2 N–H and O–H groups in total. The number of halogens is 2. The van der Waals surface area contributed by atoms with Crippen LogP contribution >= 0.6 is 0 Å². The van der Waals surface area contributed by atoms with E-state index in [1.165, 1.54) is 19.2 Å². The van der Waals surface area contributed by atoms with Crippen molar-refractivity contribution >= 4 is 5.78 Å². The van der Waals surface area contributed by atoms with Crippen molar-refractivity contribution in [1.29, 1.82) is 0 Å². The van der Waals surface area contributed by atoms with Gasteiger partial charge in [0.05, 0.1) is 24.8 Å². The molecule has 0 radical (unpaired) electrons. The maximum atomic E-state index is 12.7. The number of hydrogen-bond acceptors (Lipinski definition) is 3. The van der Waals surface area contributed by atoms with Crippen LogP contribution in [0.25, 0.3) is 0 Å². The fourth-order valence-electron chi connectivity index (χ4n) is 1.51. The molecular weight excluding hydrogens is 216 g/mol. The SMILES string of the molecule is COc1c(C(=O)CN)cc(C)cc1C(F)F. The van der Waals surface area contributed by atoms with Gasteiger partial charge in [0.2, 0.25) is 0 Å². The molecule has 0 aliphatic carbocycles.